The molecule has 0 spiro atoms. The van der Waals surface area contributed by atoms with E-state index in [0.717, 1.165) is 44.5 Å². The molecule has 0 heterocycles. The summed E-state index contributed by atoms with van der Waals surface area (Å²) in [5.74, 6) is 0. The second-order valence-electron chi connectivity index (χ2n) is 15.1. The second kappa shape index (κ2) is 14.9. The lowest BCUT2D eigenvalue weighted by Gasteiger charge is -2.34. The molecule has 0 saturated carbocycles. The number of hydrogen-bond acceptors (Lipinski definition) is 1. The number of hydrogen-bond donors (Lipinski definition) is 0. The zero-order chi connectivity index (χ0) is 46.0. The van der Waals surface area contributed by atoms with Gasteiger partial charge in [-0.15, -0.1) is 0 Å². The third-order valence-electron chi connectivity index (χ3n) is 11.9. The first-order valence-electron chi connectivity index (χ1n) is 23.7. The standard InChI is InChI=1S/C59H41N/c1-4-18-42(19-5-1)43-34-36-45(37-35-43)51-27-13-15-32-56(51)60(57-33-16-21-44-20-10-11-26-50(44)57)49-40-38-46(39-41-49)52-29-17-31-55-58(52)53-28-12-14-30-54(53)59(55,47-22-6-2-7-23-47)48-24-8-3-9-25-48/h1-41H/i10D,11D,16D,20D,21D,26D,33D. The average Bonchev–Trinajstić information content (AvgIpc) is 3.70. The topological polar surface area (TPSA) is 3.24 Å². The van der Waals surface area contributed by atoms with Gasteiger partial charge >= 0.3 is 0 Å². The third kappa shape index (κ3) is 5.78. The van der Waals surface area contributed by atoms with Crippen LogP contribution in [0, 0.1) is 0 Å². The molecule has 10 aromatic rings. The molecule has 11 rings (SSSR count). The molecular weight excluding hydrogens is 723 g/mol. The first-order valence-corrected chi connectivity index (χ1v) is 20.2. The van der Waals surface area contributed by atoms with Crippen LogP contribution in [0.15, 0.2) is 249 Å². The van der Waals surface area contributed by atoms with Crippen molar-refractivity contribution in [3.05, 3.63) is 271 Å². The minimum absolute atomic E-state index is 0.00551. The number of nitrogens with zero attached hydrogens (tertiary/aromatic N) is 1. The molecule has 0 aromatic heterocycles. The van der Waals surface area contributed by atoms with Gasteiger partial charge in [0.1, 0.15) is 0 Å². The lowest BCUT2D eigenvalue weighted by Crippen LogP contribution is -2.28. The molecule has 60 heavy (non-hydrogen) atoms. The van der Waals surface area contributed by atoms with Crippen LogP contribution in [-0.2, 0) is 5.41 Å². The summed E-state index contributed by atoms with van der Waals surface area (Å²) < 4.78 is 63.1. The Kier molecular flexibility index (Phi) is 7.10. The molecule has 1 nitrogen and oxygen atoms in total. The Hall–Kier alpha value is -7.74. The van der Waals surface area contributed by atoms with Crippen molar-refractivity contribution in [2.24, 2.45) is 0 Å². The molecule has 282 valence electrons. The Balaban J connectivity index is 1.14. The summed E-state index contributed by atoms with van der Waals surface area (Å²) in [5.41, 5.74) is 13.6. The number of anilines is 3. The lowest BCUT2D eigenvalue weighted by molar-refractivity contribution is 0.768. The fourth-order valence-corrected chi connectivity index (χ4v) is 9.27. The van der Waals surface area contributed by atoms with E-state index in [1.54, 1.807) is 0 Å². The molecule has 1 heteroatoms. The van der Waals surface area contributed by atoms with Crippen LogP contribution in [0.1, 0.15) is 31.8 Å². The second-order valence-corrected chi connectivity index (χ2v) is 15.1. The first-order chi connectivity index (χ1) is 32.7. The van der Waals surface area contributed by atoms with Gasteiger partial charge in [-0.1, -0.05) is 224 Å². The predicted molar refractivity (Wildman–Crippen MR) is 252 cm³/mol. The Morgan fingerprint density at radius 2 is 0.867 bits per heavy atom. The van der Waals surface area contributed by atoms with E-state index in [0.29, 0.717) is 11.4 Å². The van der Waals surface area contributed by atoms with Gasteiger partial charge in [0.05, 0.1) is 26.4 Å². The van der Waals surface area contributed by atoms with Crippen molar-refractivity contribution in [3.8, 4) is 44.5 Å². The van der Waals surface area contributed by atoms with Crippen LogP contribution in [0.25, 0.3) is 55.3 Å². The van der Waals surface area contributed by atoms with Gasteiger partial charge < -0.3 is 4.90 Å². The van der Waals surface area contributed by atoms with Crippen molar-refractivity contribution in [3.63, 3.8) is 0 Å². The zero-order valence-corrected chi connectivity index (χ0v) is 32.6. The maximum Gasteiger partial charge on any atom is 0.0713 e. The van der Waals surface area contributed by atoms with Crippen LogP contribution in [0.4, 0.5) is 17.1 Å². The molecule has 0 atom stereocenters. The van der Waals surface area contributed by atoms with E-state index < -0.39 is 35.6 Å². The summed E-state index contributed by atoms with van der Waals surface area (Å²) >= 11 is 0. The molecule has 1 aliphatic carbocycles. The predicted octanol–water partition coefficient (Wildman–Crippen LogP) is 15.7. The van der Waals surface area contributed by atoms with Gasteiger partial charge in [-0.3, -0.25) is 0 Å². The maximum absolute atomic E-state index is 9.54. The van der Waals surface area contributed by atoms with Crippen molar-refractivity contribution in [2.45, 2.75) is 5.41 Å². The smallest absolute Gasteiger partial charge is 0.0713 e. The lowest BCUT2D eigenvalue weighted by atomic mass is 9.67. The average molecular weight is 771 g/mol. The minimum atomic E-state index is -0.575. The molecule has 1 aliphatic rings. The van der Waals surface area contributed by atoms with Crippen LogP contribution in [0.5, 0.6) is 0 Å². The normalized spacial score (nSPS) is 14.1. The van der Waals surface area contributed by atoms with Gasteiger partial charge in [-0.2, -0.15) is 0 Å². The molecule has 0 fully saturated rings. The number of benzene rings is 10. The Morgan fingerprint density at radius 1 is 0.350 bits per heavy atom. The molecule has 0 radical (unpaired) electrons. The highest BCUT2D eigenvalue weighted by atomic mass is 15.1. The summed E-state index contributed by atoms with van der Waals surface area (Å²) in [6.07, 6.45) is 0. The summed E-state index contributed by atoms with van der Waals surface area (Å²) in [7, 11) is 0. The number of para-hydroxylation sites is 1. The summed E-state index contributed by atoms with van der Waals surface area (Å²) in [5, 5.41) is -0.0990. The van der Waals surface area contributed by atoms with Crippen LogP contribution in [0.2, 0.25) is 0 Å². The van der Waals surface area contributed by atoms with Gasteiger partial charge in [-0.05, 0) is 90.8 Å². The summed E-state index contributed by atoms with van der Waals surface area (Å²) in [6.45, 7) is 0. The van der Waals surface area contributed by atoms with Crippen LogP contribution < -0.4 is 4.90 Å². The molecule has 0 bridgehead atoms. The Labute approximate surface area is 362 Å². The highest BCUT2D eigenvalue weighted by Crippen LogP contribution is 2.58. The van der Waals surface area contributed by atoms with Crippen molar-refractivity contribution in [1.29, 1.82) is 0 Å². The van der Waals surface area contributed by atoms with Gasteiger partial charge in [0.2, 0.25) is 0 Å². The number of rotatable bonds is 8. The quantitative estimate of drug-likeness (QED) is 0.149. The van der Waals surface area contributed by atoms with Crippen molar-refractivity contribution in [2.75, 3.05) is 4.90 Å². The fourth-order valence-electron chi connectivity index (χ4n) is 9.27. The van der Waals surface area contributed by atoms with E-state index >= 15 is 0 Å². The van der Waals surface area contributed by atoms with E-state index in [4.69, 9.17) is 6.85 Å². The third-order valence-corrected chi connectivity index (χ3v) is 11.9. The van der Waals surface area contributed by atoms with Gasteiger partial charge in [0.25, 0.3) is 0 Å². The van der Waals surface area contributed by atoms with Gasteiger partial charge in [0, 0.05) is 16.6 Å². The van der Waals surface area contributed by atoms with Crippen LogP contribution in [0.3, 0.4) is 0 Å². The van der Waals surface area contributed by atoms with Crippen molar-refractivity contribution < 1.29 is 9.60 Å². The van der Waals surface area contributed by atoms with E-state index in [9.17, 15) is 2.74 Å². The highest BCUT2D eigenvalue weighted by Gasteiger charge is 2.46. The fraction of sp³-hybridized carbons (Fsp3) is 0.0169. The van der Waals surface area contributed by atoms with E-state index in [2.05, 4.69) is 152 Å². The van der Waals surface area contributed by atoms with Crippen LogP contribution >= 0.6 is 0 Å². The van der Waals surface area contributed by atoms with Gasteiger partial charge in [-0.25, -0.2) is 0 Å². The Morgan fingerprint density at radius 3 is 1.60 bits per heavy atom. The molecule has 10 aromatic carbocycles. The molecular formula is C59H41N. The monoisotopic (exact) mass is 770 g/mol. The molecule has 0 amide bonds. The number of fused-ring (bicyclic) bond motifs is 4. The maximum atomic E-state index is 9.54. The summed E-state index contributed by atoms with van der Waals surface area (Å²) in [6, 6.07) is 67.8. The molecule has 0 aliphatic heterocycles. The zero-order valence-electron chi connectivity index (χ0n) is 39.6. The van der Waals surface area contributed by atoms with E-state index in [1.807, 2.05) is 59.5 Å². The largest absolute Gasteiger partial charge is 0.309 e. The first kappa shape index (κ1) is 28.6. The summed E-state index contributed by atoms with van der Waals surface area (Å²) in [4.78, 5) is 1.83. The molecule has 0 unspecified atom stereocenters. The van der Waals surface area contributed by atoms with Gasteiger partial charge in [0.15, 0.2) is 0 Å². The van der Waals surface area contributed by atoms with E-state index in [1.165, 1.54) is 22.3 Å². The van der Waals surface area contributed by atoms with Crippen molar-refractivity contribution >= 4 is 27.8 Å². The SMILES string of the molecule is [2H]c1c([2H])c([2H])c2c(N(c3ccc(-c4cccc5c4-c4ccccc4C5(c4ccccc4)c4ccccc4)cc3)c3ccccc3-c3ccc(-c4ccccc4)cc3)c([2H])c([2H])c([2H])c2c1[2H]. The molecule has 0 N–H and O–H groups in total. The Bertz CT molecular complexity index is 3470. The van der Waals surface area contributed by atoms with E-state index in [-0.39, 0.29) is 28.5 Å². The molecule has 0 saturated heterocycles. The highest BCUT2D eigenvalue weighted by molar-refractivity contribution is 6.02. The van der Waals surface area contributed by atoms with Crippen molar-refractivity contribution in [1.82, 2.24) is 0 Å². The minimum Gasteiger partial charge on any atom is -0.309 e. The van der Waals surface area contributed by atoms with Crippen LogP contribution in [-0.4, -0.2) is 0 Å².